The van der Waals surface area contributed by atoms with Crippen molar-refractivity contribution < 1.29 is 5.11 Å². The van der Waals surface area contributed by atoms with Crippen LogP contribution in [0.5, 0.6) is 0 Å². The van der Waals surface area contributed by atoms with Crippen LogP contribution in [0.3, 0.4) is 0 Å². The average Bonchev–Trinajstić information content (AvgIpc) is 2.42. The summed E-state index contributed by atoms with van der Waals surface area (Å²) in [5.41, 5.74) is 2.14. The van der Waals surface area contributed by atoms with E-state index in [1.807, 2.05) is 0 Å². The zero-order chi connectivity index (χ0) is 14.4. The molecular formula is C18H27NO. The zero-order valence-corrected chi connectivity index (χ0v) is 12.6. The van der Waals surface area contributed by atoms with Gasteiger partial charge in [0.25, 0.3) is 0 Å². The summed E-state index contributed by atoms with van der Waals surface area (Å²) in [4.78, 5) is 2.45. The Labute approximate surface area is 123 Å². The van der Waals surface area contributed by atoms with Crippen molar-refractivity contribution in [2.45, 2.75) is 51.2 Å². The number of hydrogen-bond acceptors (Lipinski definition) is 2. The van der Waals surface area contributed by atoms with Gasteiger partial charge in [-0.15, -0.1) is 6.58 Å². The van der Waals surface area contributed by atoms with Crippen LogP contribution >= 0.6 is 0 Å². The van der Waals surface area contributed by atoms with Gasteiger partial charge in [0.1, 0.15) is 0 Å². The number of likely N-dealkylation sites (tertiary alicyclic amines) is 1. The highest BCUT2D eigenvalue weighted by molar-refractivity contribution is 5.14. The molecule has 1 aliphatic heterocycles. The maximum atomic E-state index is 10.6. The maximum absolute atomic E-state index is 10.6. The van der Waals surface area contributed by atoms with E-state index in [2.05, 4.69) is 48.7 Å². The molecule has 0 unspecified atom stereocenters. The van der Waals surface area contributed by atoms with Crippen molar-refractivity contribution in [3.63, 3.8) is 0 Å². The fourth-order valence-corrected chi connectivity index (χ4v) is 2.94. The molecule has 110 valence electrons. The molecule has 0 atom stereocenters. The highest BCUT2D eigenvalue weighted by Gasteiger charge is 2.31. The van der Waals surface area contributed by atoms with Crippen molar-refractivity contribution in [1.82, 2.24) is 4.90 Å². The Morgan fingerprint density at radius 2 is 1.90 bits per heavy atom. The standard InChI is InChI=1S/C18H27NO/c1-16(2)7-6-10-18(20)11-13-19(14-12-18)15-17-8-4-3-5-9-17/h3-5,8-9,20H,1,6-7,10-15H2,2H3. The monoisotopic (exact) mass is 273 g/mol. The fraction of sp³-hybridized carbons (Fsp3) is 0.556. The van der Waals surface area contributed by atoms with Crippen molar-refractivity contribution in [1.29, 1.82) is 0 Å². The van der Waals surface area contributed by atoms with Crippen LogP contribution in [0.25, 0.3) is 0 Å². The molecule has 20 heavy (non-hydrogen) atoms. The zero-order valence-electron chi connectivity index (χ0n) is 12.6. The Balaban J connectivity index is 1.75. The Morgan fingerprint density at radius 1 is 1.25 bits per heavy atom. The third kappa shape index (κ3) is 4.77. The van der Waals surface area contributed by atoms with Crippen LogP contribution in [0, 0.1) is 0 Å². The normalized spacial score (nSPS) is 18.9. The molecule has 0 aromatic heterocycles. The van der Waals surface area contributed by atoms with Gasteiger partial charge in [0.05, 0.1) is 5.60 Å². The van der Waals surface area contributed by atoms with Gasteiger partial charge in [0.2, 0.25) is 0 Å². The SMILES string of the molecule is C=C(C)CCCC1(O)CCN(Cc2ccccc2)CC1. The van der Waals surface area contributed by atoms with Crippen molar-refractivity contribution in [3.8, 4) is 0 Å². The van der Waals surface area contributed by atoms with E-state index in [9.17, 15) is 5.11 Å². The topological polar surface area (TPSA) is 23.5 Å². The predicted octanol–water partition coefficient (Wildman–Crippen LogP) is 3.76. The van der Waals surface area contributed by atoms with Gasteiger partial charge in [-0.05, 0) is 44.6 Å². The minimum absolute atomic E-state index is 0.442. The first kappa shape index (κ1) is 15.3. The third-order valence-corrected chi connectivity index (χ3v) is 4.28. The van der Waals surface area contributed by atoms with E-state index in [0.29, 0.717) is 0 Å². The number of allylic oxidation sites excluding steroid dienone is 1. The van der Waals surface area contributed by atoms with Gasteiger partial charge in [-0.25, -0.2) is 0 Å². The van der Waals surface area contributed by atoms with E-state index in [0.717, 1.165) is 51.7 Å². The summed E-state index contributed by atoms with van der Waals surface area (Å²) < 4.78 is 0. The minimum atomic E-state index is -0.442. The van der Waals surface area contributed by atoms with Gasteiger partial charge in [-0.1, -0.05) is 35.9 Å². The Bertz CT molecular complexity index is 418. The number of nitrogens with zero attached hydrogens (tertiary/aromatic N) is 1. The average molecular weight is 273 g/mol. The van der Waals surface area contributed by atoms with Crippen molar-refractivity contribution in [2.75, 3.05) is 13.1 Å². The van der Waals surface area contributed by atoms with Crippen LogP contribution < -0.4 is 0 Å². The Hall–Kier alpha value is -1.12. The summed E-state index contributed by atoms with van der Waals surface area (Å²) in [7, 11) is 0. The van der Waals surface area contributed by atoms with Gasteiger partial charge in [0, 0.05) is 19.6 Å². The first-order valence-electron chi connectivity index (χ1n) is 7.70. The number of rotatable bonds is 6. The van der Waals surface area contributed by atoms with Gasteiger partial charge in [-0.2, -0.15) is 0 Å². The second-order valence-corrected chi connectivity index (χ2v) is 6.30. The molecule has 0 bridgehead atoms. The molecule has 0 amide bonds. The van der Waals surface area contributed by atoms with Crippen LogP contribution in [-0.4, -0.2) is 28.7 Å². The molecule has 1 aromatic rings. The molecule has 2 nitrogen and oxygen atoms in total. The lowest BCUT2D eigenvalue weighted by Crippen LogP contribution is -2.43. The second kappa shape index (κ2) is 7.05. The molecule has 1 fully saturated rings. The first-order chi connectivity index (χ1) is 9.57. The predicted molar refractivity (Wildman–Crippen MR) is 84.6 cm³/mol. The summed E-state index contributed by atoms with van der Waals surface area (Å²) in [5, 5.41) is 10.6. The van der Waals surface area contributed by atoms with E-state index in [-0.39, 0.29) is 0 Å². The van der Waals surface area contributed by atoms with E-state index >= 15 is 0 Å². The molecule has 2 rings (SSSR count). The highest BCUT2D eigenvalue weighted by atomic mass is 16.3. The summed E-state index contributed by atoms with van der Waals surface area (Å²) in [6.45, 7) is 8.99. The number of aliphatic hydroxyl groups is 1. The van der Waals surface area contributed by atoms with E-state index in [1.54, 1.807) is 0 Å². The summed E-state index contributed by atoms with van der Waals surface area (Å²) in [5.74, 6) is 0. The molecule has 2 heteroatoms. The molecule has 1 saturated heterocycles. The second-order valence-electron chi connectivity index (χ2n) is 6.30. The van der Waals surface area contributed by atoms with Gasteiger partial charge in [0.15, 0.2) is 0 Å². The number of piperidine rings is 1. The number of benzene rings is 1. The molecule has 1 aliphatic rings. The highest BCUT2D eigenvalue weighted by Crippen LogP contribution is 2.28. The molecular weight excluding hydrogens is 246 g/mol. The van der Waals surface area contributed by atoms with Crippen LogP contribution in [-0.2, 0) is 6.54 Å². The molecule has 0 spiro atoms. The fourth-order valence-electron chi connectivity index (χ4n) is 2.94. The molecule has 0 saturated carbocycles. The molecule has 1 aromatic carbocycles. The lowest BCUT2D eigenvalue weighted by Gasteiger charge is -2.38. The van der Waals surface area contributed by atoms with Crippen LogP contribution in [0.15, 0.2) is 42.5 Å². The van der Waals surface area contributed by atoms with Crippen molar-refractivity contribution in [3.05, 3.63) is 48.0 Å². The third-order valence-electron chi connectivity index (χ3n) is 4.28. The van der Waals surface area contributed by atoms with Crippen molar-refractivity contribution in [2.24, 2.45) is 0 Å². The van der Waals surface area contributed by atoms with Gasteiger partial charge >= 0.3 is 0 Å². The lowest BCUT2D eigenvalue weighted by atomic mass is 9.86. The van der Waals surface area contributed by atoms with E-state index in [1.165, 1.54) is 11.1 Å². The van der Waals surface area contributed by atoms with E-state index < -0.39 is 5.60 Å². The summed E-state index contributed by atoms with van der Waals surface area (Å²) >= 11 is 0. The van der Waals surface area contributed by atoms with Crippen LogP contribution in [0.4, 0.5) is 0 Å². The maximum Gasteiger partial charge on any atom is 0.0672 e. The van der Waals surface area contributed by atoms with Crippen LogP contribution in [0.2, 0.25) is 0 Å². The molecule has 1 heterocycles. The molecule has 0 aliphatic carbocycles. The summed E-state index contributed by atoms with van der Waals surface area (Å²) in [6, 6.07) is 10.6. The van der Waals surface area contributed by atoms with E-state index in [4.69, 9.17) is 0 Å². The largest absolute Gasteiger partial charge is 0.390 e. The van der Waals surface area contributed by atoms with Gasteiger partial charge in [-0.3, -0.25) is 4.90 Å². The lowest BCUT2D eigenvalue weighted by molar-refractivity contribution is -0.0305. The Morgan fingerprint density at radius 3 is 2.50 bits per heavy atom. The minimum Gasteiger partial charge on any atom is -0.390 e. The number of hydrogen-bond donors (Lipinski definition) is 1. The van der Waals surface area contributed by atoms with Crippen molar-refractivity contribution >= 4 is 0 Å². The molecule has 0 radical (unpaired) electrons. The van der Waals surface area contributed by atoms with Gasteiger partial charge < -0.3 is 5.11 Å². The Kier molecular flexibility index (Phi) is 5.38. The molecule has 1 N–H and O–H groups in total. The van der Waals surface area contributed by atoms with Crippen LogP contribution in [0.1, 0.15) is 44.6 Å². The summed E-state index contributed by atoms with van der Waals surface area (Å²) in [6.07, 6.45) is 4.81. The smallest absolute Gasteiger partial charge is 0.0672 e. The first-order valence-corrected chi connectivity index (χ1v) is 7.70. The quantitative estimate of drug-likeness (QED) is 0.798.